The van der Waals surface area contributed by atoms with Crippen LogP contribution in [0.4, 0.5) is 0 Å². The molecule has 1 aromatic heterocycles. The third-order valence-electron chi connectivity index (χ3n) is 14.2. The van der Waals surface area contributed by atoms with Gasteiger partial charge in [-0.05, 0) is 143 Å². The van der Waals surface area contributed by atoms with Gasteiger partial charge >= 0.3 is 0 Å². The molecule has 0 N–H and O–H groups in total. The first-order valence-electron chi connectivity index (χ1n) is 23.5. The standard InChI is InChI=1S/C67H44O/c1-4-18-45(19-5-1)47-34-36-48(37-35-47)51-41-52(50-23-16-22-49(40-50)46-20-6-2-7-21-46)43-53(42-51)56-26-10-11-27-57(56)60-30-17-33-65-66(60)61-44-55(38-39-64(61)68-65)67(54-24-8-3-9-25-54)62-31-14-12-28-58(62)59-29-13-15-32-63(59)67/h1-44H. The fourth-order valence-electron chi connectivity index (χ4n) is 11.1. The molecule has 0 atom stereocenters. The van der Waals surface area contributed by atoms with Crippen molar-refractivity contribution >= 4 is 21.9 Å². The predicted molar refractivity (Wildman–Crippen MR) is 284 cm³/mol. The number of hydrogen-bond acceptors (Lipinski definition) is 1. The summed E-state index contributed by atoms with van der Waals surface area (Å²) in [6, 6.07) is 97.5. The van der Waals surface area contributed by atoms with Crippen LogP contribution in [-0.4, -0.2) is 0 Å². The molecule has 1 nitrogen and oxygen atoms in total. The summed E-state index contributed by atoms with van der Waals surface area (Å²) < 4.78 is 6.80. The van der Waals surface area contributed by atoms with Crippen LogP contribution in [0.25, 0.3) is 99.8 Å². The van der Waals surface area contributed by atoms with Crippen LogP contribution in [0.15, 0.2) is 271 Å². The number of furan rings is 1. The van der Waals surface area contributed by atoms with Crippen LogP contribution < -0.4 is 0 Å². The minimum Gasteiger partial charge on any atom is -0.456 e. The number of rotatable bonds is 8. The molecule has 1 aliphatic carbocycles. The predicted octanol–water partition coefficient (Wildman–Crippen LogP) is 18.0. The SMILES string of the molecule is c1ccc(-c2ccc(-c3cc(-c4cccc(-c5ccccc5)c4)cc(-c4ccccc4-c4cccc5oc6ccc(C7(c8ccccc8)c8ccccc8-c8ccccc87)cc6c45)c3)cc2)cc1. The highest BCUT2D eigenvalue weighted by atomic mass is 16.3. The van der Waals surface area contributed by atoms with Crippen LogP contribution in [0.2, 0.25) is 0 Å². The molecule has 13 rings (SSSR count). The second-order valence-corrected chi connectivity index (χ2v) is 17.9. The molecule has 1 heterocycles. The molecule has 0 fully saturated rings. The molecule has 68 heavy (non-hydrogen) atoms. The normalized spacial score (nSPS) is 12.5. The first-order valence-corrected chi connectivity index (χ1v) is 23.5. The van der Waals surface area contributed by atoms with Crippen molar-refractivity contribution < 1.29 is 4.42 Å². The highest BCUT2D eigenvalue weighted by Crippen LogP contribution is 2.57. The van der Waals surface area contributed by atoms with Crippen LogP contribution in [0, 0.1) is 0 Å². The molecule has 0 unspecified atom stereocenters. The summed E-state index contributed by atoms with van der Waals surface area (Å²) in [5.41, 5.74) is 22.9. The minimum absolute atomic E-state index is 0.521. The van der Waals surface area contributed by atoms with Crippen molar-refractivity contribution in [2.75, 3.05) is 0 Å². The van der Waals surface area contributed by atoms with Crippen molar-refractivity contribution in [3.8, 4) is 77.9 Å². The van der Waals surface area contributed by atoms with E-state index >= 15 is 0 Å². The van der Waals surface area contributed by atoms with Gasteiger partial charge < -0.3 is 4.42 Å². The van der Waals surface area contributed by atoms with Crippen LogP contribution in [-0.2, 0) is 5.41 Å². The summed E-state index contributed by atoms with van der Waals surface area (Å²) >= 11 is 0. The maximum absolute atomic E-state index is 6.80. The molecule has 1 heteroatoms. The fourth-order valence-corrected chi connectivity index (χ4v) is 11.1. The topological polar surface area (TPSA) is 13.1 Å². The lowest BCUT2D eigenvalue weighted by atomic mass is 9.67. The van der Waals surface area contributed by atoms with Gasteiger partial charge in [0.2, 0.25) is 0 Å². The molecule has 0 saturated heterocycles. The van der Waals surface area contributed by atoms with Crippen LogP contribution in [0.1, 0.15) is 22.3 Å². The molecule has 318 valence electrons. The second-order valence-electron chi connectivity index (χ2n) is 17.9. The fraction of sp³-hybridized carbons (Fsp3) is 0.0149. The maximum Gasteiger partial charge on any atom is 0.136 e. The Balaban J connectivity index is 1.01. The van der Waals surface area contributed by atoms with Gasteiger partial charge in [0.05, 0.1) is 5.41 Å². The summed E-state index contributed by atoms with van der Waals surface area (Å²) in [6.07, 6.45) is 0. The molecule has 0 bridgehead atoms. The summed E-state index contributed by atoms with van der Waals surface area (Å²) in [5.74, 6) is 0. The highest BCUT2D eigenvalue weighted by Gasteiger charge is 2.46. The molecule has 0 spiro atoms. The van der Waals surface area contributed by atoms with E-state index in [9.17, 15) is 0 Å². The zero-order valence-corrected chi connectivity index (χ0v) is 37.3. The smallest absolute Gasteiger partial charge is 0.136 e. The van der Waals surface area contributed by atoms with E-state index in [2.05, 4.69) is 267 Å². The van der Waals surface area contributed by atoms with Crippen molar-refractivity contribution in [2.24, 2.45) is 0 Å². The third kappa shape index (κ3) is 6.47. The van der Waals surface area contributed by atoms with Gasteiger partial charge in [0.15, 0.2) is 0 Å². The Bertz CT molecular complexity index is 3780. The van der Waals surface area contributed by atoms with Gasteiger partial charge in [-0.2, -0.15) is 0 Å². The summed E-state index contributed by atoms with van der Waals surface area (Å²) in [5, 5.41) is 2.22. The van der Waals surface area contributed by atoms with Gasteiger partial charge in [-0.1, -0.05) is 224 Å². The average Bonchev–Trinajstić information content (AvgIpc) is 3.95. The van der Waals surface area contributed by atoms with E-state index in [1.54, 1.807) is 0 Å². The van der Waals surface area contributed by atoms with Crippen LogP contribution >= 0.6 is 0 Å². The van der Waals surface area contributed by atoms with E-state index in [4.69, 9.17) is 4.42 Å². The first kappa shape index (κ1) is 39.6. The molecular weight excluding hydrogens is 821 g/mol. The zero-order chi connectivity index (χ0) is 45.0. The molecule has 11 aromatic carbocycles. The Morgan fingerprint density at radius 3 is 1.34 bits per heavy atom. The highest BCUT2D eigenvalue weighted by molar-refractivity contribution is 6.14. The first-order chi connectivity index (χ1) is 33.7. The summed E-state index contributed by atoms with van der Waals surface area (Å²) in [7, 11) is 0. The Morgan fingerprint density at radius 1 is 0.235 bits per heavy atom. The Labute approximate surface area is 396 Å². The minimum atomic E-state index is -0.521. The molecular formula is C67H44O. The summed E-state index contributed by atoms with van der Waals surface area (Å²) in [6.45, 7) is 0. The van der Waals surface area contributed by atoms with Gasteiger partial charge in [0.25, 0.3) is 0 Å². The van der Waals surface area contributed by atoms with Gasteiger partial charge in [0, 0.05) is 10.8 Å². The van der Waals surface area contributed by atoms with Crippen molar-refractivity contribution in [1.82, 2.24) is 0 Å². The number of benzene rings is 11. The van der Waals surface area contributed by atoms with Crippen molar-refractivity contribution in [1.29, 1.82) is 0 Å². The van der Waals surface area contributed by atoms with Crippen LogP contribution in [0.3, 0.4) is 0 Å². The maximum atomic E-state index is 6.80. The van der Waals surface area contributed by atoms with E-state index < -0.39 is 5.41 Å². The quantitative estimate of drug-likeness (QED) is 0.148. The molecule has 0 aliphatic heterocycles. The molecule has 0 radical (unpaired) electrons. The zero-order valence-electron chi connectivity index (χ0n) is 37.3. The van der Waals surface area contributed by atoms with Gasteiger partial charge in [-0.25, -0.2) is 0 Å². The second kappa shape index (κ2) is 16.3. The summed E-state index contributed by atoms with van der Waals surface area (Å²) in [4.78, 5) is 0. The monoisotopic (exact) mass is 864 g/mol. The van der Waals surface area contributed by atoms with E-state index in [1.807, 2.05) is 0 Å². The molecule has 1 aliphatic rings. The number of hydrogen-bond donors (Lipinski definition) is 0. The molecule has 0 amide bonds. The van der Waals surface area contributed by atoms with Gasteiger partial charge in [-0.15, -0.1) is 0 Å². The van der Waals surface area contributed by atoms with E-state index in [0.29, 0.717) is 0 Å². The lowest BCUT2D eigenvalue weighted by molar-refractivity contribution is 0.668. The van der Waals surface area contributed by atoms with Crippen molar-refractivity contribution in [3.05, 3.63) is 289 Å². The third-order valence-corrected chi connectivity index (χ3v) is 14.2. The Kier molecular flexibility index (Phi) is 9.47. The van der Waals surface area contributed by atoms with E-state index in [-0.39, 0.29) is 0 Å². The van der Waals surface area contributed by atoms with Crippen molar-refractivity contribution in [3.63, 3.8) is 0 Å². The average molecular weight is 865 g/mol. The van der Waals surface area contributed by atoms with E-state index in [1.165, 1.54) is 66.8 Å². The lowest BCUT2D eigenvalue weighted by Gasteiger charge is -2.33. The lowest BCUT2D eigenvalue weighted by Crippen LogP contribution is -2.28. The molecule has 0 saturated carbocycles. The van der Waals surface area contributed by atoms with Crippen LogP contribution in [0.5, 0.6) is 0 Å². The Morgan fingerprint density at radius 2 is 0.676 bits per heavy atom. The largest absolute Gasteiger partial charge is 0.456 e. The Hall–Kier alpha value is -8.78. The van der Waals surface area contributed by atoms with E-state index in [0.717, 1.165) is 55.3 Å². The van der Waals surface area contributed by atoms with Gasteiger partial charge in [0.1, 0.15) is 11.2 Å². The van der Waals surface area contributed by atoms with Crippen molar-refractivity contribution in [2.45, 2.75) is 5.41 Å². The number of fused-ring (bicyclic) bond motifs is 6. The van der Waals surface area contributed by atoms with Gasteiger partial charge in [-0.3, -0.25) is 0 Å². The molecule has 12 aromatic rings.